The lowest BCUT2D eigenvalue weighted by Crippen LogP contribution is -2.06. The molecule has 0 unspecified atom stereocenters. The first kappa shape index (κ1) is 10.3. The molecule has 0 atom stereocenters. The zero-order chi connectivity index (χ0) is 9.84. The minimum atomic E-state index is -0.241. The molecule has 4 heteroatoms. The number of hydrogen-bond acceptors (Lipinski definition) is 1. The fourth-order valence-corrected chi connectivity index (χ4v) is 1.26. The standard InChI is InChI=1S/C9H7BrClNO/c1-2-9(13)12-6-3-4-8(11)7(10)5-6/h2-5H,1H2,(H,12,13). The summed E-state index contributed by atoms with van der Waals surface area (Å²) in [4.78, 5) is 10.9. The van der Waals surface area contributed by atoms with Crippen LogP contribution >= 0.6 is 27.5 Å². The average molecular weight is 261 g/mol. The van der Waals surface area contributed by atoms with Crippen molar-refractivity contribution < 1.29 is 4.79 Å². The smallest absolute Gasteiger partial charge is 0.247 e. The van der Waals surface area contributed by atoms with Gasteiger partial charge in [-0.3, -0.25) is 4.79 Å². The first-order valence-electron chi connectivity index (χ1n) is 3.52. The van der Waals surface area contributed by atoms with Crippen molar-refractivity contribution in [3.05, 3.63) is 40.3 Å². The van der Waals surface area contributed by atoms with Crippen LogP contribution in [-0.4, -0.2) is 5.91 Å². The van der Waals surface area contributed by atoms with Crippen LogP contribution in [-0.2, 0) is 4.79 Å². The number of anilines is 1. The van der Waals surface area contributed by atoms with Crippen LogP contribution in [0.4, 0.5) is 5.69 Å². The maximum absolute atomic E-state index is 10.9. The molecule has 0 bridgehead atoms. The number of nitrogens with one attached hydrogen (secondary N) is 1. The molecule has 0 aliphatic carbocycles. The summed E-state index contributed by atoms with van der Waals surface area (Å²) in [5, 5.41) is 3.22. The van der Waals surface area contributed by atoms with Crippen molar-refractivity contribution in [2.45, 2.75) is 0 Å². The summed E-state index contributed by atoms with van der Waals surface area (Å²) in [5.41, 5.74) is 0.682. The van der Waals surface area contributed by atoms with Gasteiger partial charge in [-0.15, -0.1) is 0 Å². The van der Waals surface area contributed by atoms with Crippen molar-refractivity contribution in [1.82, 2.24) is 0 Å². The average Bonchev–Trinajstić information content (AvgIpc) is 2.11. The maximum atomic E-state index is 10.9. The van der Waals surface area contributed by atoms with E-state index in [-0.39, 0.29) is 5.91 Å². The SMILES string of the molecule is C=CC(=O)Nc1ccc(Cl)c(Br)c1. The summed E-state index contributed by atoms with van der Waals surface area (Å²) in [6.45, 7) is 3.35. The molecule has 1 rings (SSSR count). The molecule has 0 radical (unpaired) electrons. The van der Waals surface area contributed by atoms with Gasteiger partial charge in [-0.05, 0) is 40.2 Å². The van der Waals surface area contributed by atoms with Crippen LogP contribution in [0.25, 0.3) is 0 Å². The third-order valence-electron chi connectivity index (χ3n) is 1.37. The van der Waals surface area contributed by atoms with Crippen LogP contribution < -0.4 is 5.32 Å². The number of halogens is 2. The van der Waals surface area contributed by atoms with Gasteiger partial charge in [-0.25, -0.2) is 0 Å². The van der Waals surface area contributed by atoms with E-state index in [1.165, 1.54) is 6.08 Å². The fraction of sp³-hybridized carbons (Fsp3) is 0. The fourth-order valence-electron chi connectivity index (χ4n) is 0.767. The molecule has 0 aromatic heterocycles. The maximum Gasteiger partial charge on any atom is 0.247 e. The molecule has 0 aliphatic rings. The Morgan fingerprint density at radius 1 is 1.62 bits per heavy atom. The van der Waals surface area contributed by atoms with Gasteiger partial charge in [-0.2, -0.15) is 0 Å². The van der Waals surface area contributed by atoms with Crippen LogP contribution in [0, 0.1) is 0 Å². The Balaban J connectivity index is 2.85. The molecule has 1 aromatic carbocycles. The summed E-state index contributed by atoms with van der Waals surface area (Å²) in [5.74, 6) is -0.241. The van der Waals surface area contributed by atoms with Gasteiger partial charge in [0.1, 0.15) is 0 Å². The first-order chi connectivity index (χ1) is 6.13. The van der Waals surface area contributed by atoms with Crippen molar-refractivity contribution in [1.29, 1.82) is 0 Å². The predicted octanol–water partition coefficient (Wildman–Crippen LogP) is 3.23. The lowest BCUT2D eigenvalue weighted by Gasteiger charge is -2.02. The molecule has 1 N–H and O–H groups in total. The second kappa shape index (κ2) is 4.44. The Morgan fingerprint density at radius 2 is 2.31 bits per heavy atom. The molecule has 0 fully saturated rings. The van der Waals surface area contributed by atoms with Crippen molar-refractivity contribution in [2.24, 2.45) is 0 Å². The Morgan fingerprint density at radius 3 is 2.85 bits per heavy atom. The van der Waals surface area contributed by atoms with Gasteiger partial charge in [0.05, 0.1) is 5.02 Å². The van der Waals surface area contributed by atoms with Crippen molar-refractivity contribution in [3.63, 3.8) is 0 Å². The van der Waals surface area contributed by atoms with Crippen molar-refractivity contribution in [2.75, 3.05) is 5.32 Å². The van der Waals surface area contributed by atoms with E-state index in [9.17, 15) is 4.79 Å². The Kier molecular flexibility index (Phi) is 3.51. The summed E-state index contributed by atoms with van der Waals surface area (Å²) in [6, 6.07) is 5.14. The van der Waals surface area contributed by atoms with Crippen LogP contribution in [0.15, 0.2) is 35.3 Å². The highest BCUT2D eigenvalue weighted by atomic mass is 79.9. The molecular formula is C9H7BrClNO. The quantitative estimate of drug-likeness (QED) is 0.813. The molecular weight excluding hydrogens is 253 g/mol. The van der Waals surface area contributed by atoms with Crippen molar-refractivity contribution in [3.8, 4) is 0 Å². The van der Waals surface area contributed by atoms with Crippen LogP contribution in [0.2, 0.25) is 5.02 Å². The lowest BCUT2D eigenvalue weighted by atomic mass is 10.3. The minimum Gasteiger partial charge on any atom is -0.322 e. The second-order valence-corrected chi connectivity index (χ2v) is 3.58. The summed E-state index contributed by atoms with van der Waals surface area (Å²) in [7, 11) is 0. The zero-order valence-electron chi connectivity index (χ0n) is 6.68. The molecule has 0 saturated heterocycles. The number of carbonyl (C=O) groups is 1. The Labute approximate surface area is 89.7 Å². The van der Waals surface area contributed by atoms with E-state index < -0.39 is 0 Å². The monoisotopic (exact) mass is 259 g/mol. The van der Waals surface area contributed by atoms with E-state index in [4.69, 9.17) is 11.6 Å². The van der Waals surface area contributed by atoms with Crippen LogP contribution in [0.3, 0.4) is 0 Å². The van der Waals surface area contributed by atoms with Gasteiger partial charge in [-0.1, -0.05) is 18.2 Å². The number of carbonyl (C=O) groups excluding carboxylic acids is 1. The third-order valence-corrected chi connectivity index (χ3v) is 2.59. The third kappa shape index (κ3) is 2.86. The number of rotatable bonds is 2. The highest BCUT2D eigenvalue weighted by molar-refractivity contribution is 9.10. The highest BCUT2D eigenvalue weighted by Crippen LogP contribution is 2.25. The van der Waals surface area contributed by atoms with Gasteiger partial charge in [0.15, 0.2) is 0 Å². The van der Waals surface area contributed by atoms with E-state index in [1.807, 2.05) is 0 Å². The normalized spacial score (nSPS) is 9.38. The molecule has 68 valence electrons. The highest BCUT2D eigenvalue weighted by Gasteiger charge is 2.00. The van der Waals surface area contributed by atoms with Gasteiger partial charge < -0.3 is 5.32 Å². The van der Waals surface area contributed by atoms with E-state index in [2.05, 4.69) is 27.8 Å². The molecule has 1 amide bonds. The van der Waals surface area contributed by atoms with E-state index in [1.54, 1.807) is 18.2 Å². The predicted molar refractivity (Wildman–Crippen MR) is 58.0 cm³/mol. The zero-order valence-corrected chi connectivity index (χ0v) is 9.02. The molecule has 0 aliphatic heterocycles. The van der Waals surface area contributed by atoms with Crippen molar-refractivity contribution >= 4 is 39.1 Å². The van der Waals surface area contributed by atoms with Crippen LogP contribution in [0.5, 0.6) is 0 Å². The van der Waals surface area contributed by atoms with E-state index >= 15 is 0 Å². The van der Waals surface area contributed by atoms with Crippen LogP contribution in [0.1, 0.15) is 0 Å². The molecule has 0 heterocycles. The number of benzene rings is 1. The summed E-state index contributed by atoms with van der Waals surface area (Å²) in [6.07, 6.45) is 1.21. The van der Waals surface area contributed by atoms with E-state index in [0.29, 0.717) is 10.7 Å². The number of hydrogen-bond donors (Lipinski definition) is 1. The molecule has 13 heavy (non-hydrogen) atoms. The summed E-state index contributed by atoms with van der Waals surface area (Å²) < 4.78 is 0.746. The Hall–Kier alpha value is -0.800. The van der Waals surface area contributed by atoms with Gasteiger partial charge in [0.2, 0.25) is 5.91 Å². The lowest BCUT2D eigenvalue weighted by molar-refractivity contribution is -0.111. The first-order valence-corrected chi connectivity index (χ1v) is 4.69. The van der Waals surface area contributed by atoms with Gasteiger partial charge >= 0.3 is 0 Å². The van der Waals surface area contributed by atoms with E-state index in [0.717, 1.165) is 4.47 Å². The largest absolute Gasteiger partial charge is 0.322 e. The summed E-state index contributed by atoms with van der Waals surface area (Å²) >= 11 is 9.02. The molecule has 1 aromatic rings. The Bertz CT molecular complexity index is 351. The van der Waals surface area contributed by atoms with Gasteiger partial charge in [0.25, 0.3) is 0 Å². The number of amides is 1. The second-order valence-electron chi connectivity index (χ2n) is 2.32. The van der Waals surface area contributed by atoms with Gasteiger partial charge in [0, 0.05) is 10.2 Å². The molecule has 0 saturated carbocycles. The minimum absolute atomic E-state index is 0.241. The topological polar surface area (TPSA) is 29.1 Å². The molecule has 0 spiro atoms. The molecule has 2 nitrogen and oxygen atoms in total.